The van der Waals surface area contributed by atoms with Crippen LogP contribution in [0.3, 0.4) is 0 Å². The van der Waals surface area contributed by atoms with Gasteiger partial charge in [0.25, 0.3) is 0 Å². The molecule has 0 radical (unpaired) electrons. The van der Waals surface area contributed by atoms with Crippen LogP contribution in [0.1, 0.15) is 11.4 Å². The molecule has 0 aliphatic rings. The Morgan fingerprint density at radius 2 is 1.86 bits per heavy atom. The van der Waals surface area contributed by atoms with Crippen LogP contribution in [0.5, 0.6) is 0 Å². The quantitative estimate of drug-likeness (QED) is 0.752. The normalized spacial score (nSPS) is 12.3. The van der Waals surface area contributed by atoms with E-state index in [1.807, 2.05) is 0 Å². The highest BCUT2D eigenvalue weighted by Crippen LogP contribution is 2.11. The third kappa shape index (κ3) is 3.57. The zero-order valence-electron chi connectivity index (χ0n) is 7.20. The van der Waals surface area contributed by atoms with Crippen molar-refractivity contribution < 1.29 is 12.9 Å². The summed E-state index contributed by atoms with van der Waals surface area (Å²) in [5.74, 6) is 0.598. The monoisotopic (exact) mass is 202 g/mol. The lowest BCUT2D eigenvalue weighted by Gasteiger charge is -2.05. The maximum absolute atomic E-state index is 11.8. The van der Waals surface area contributed by atoms with Gasteiger partial charge in [-0.15, -0.1) is 5.98 Å². The fourth-order valence-electron chi connectivity index (χ4n) is 0.776. The summed E-state index contributed by atoms with van der Waals surface area (Å²) in [7, 11) is 0. The van der Waals surface area contributed by atoms with E-state index in [2.05, 4.69) is 9.97 Å². The van der Waals surface area contributed by atoms with Crippen molar-refractivity contribution in [3.8, 4) is 0 Å². The Bertz CT molecular complexity index is 320. The summed E-state index contributed by atoms with van der Waals surface area (Å²) in [6.45, 7) is -4.73. The predicted octanol–water partition coefficient (Wildman–Crippen LogP) is 1.34. The highest BCUT2D eigenvalue weighted by atomic mass is 19.4. The van der Waals surface area contributed by atoms with Gasteiger partial charge >= 0.3 is 6.98 Å². The summed E-state index contributed by atoms with van der Waals surface area (Å²) in [6, 6.07) is 0. The Balaban J connectivity index is 2.74. The molecule has 0 fully saturated rings. The number of hydrogen-bond acceptors (Lipinski definition) is 3. The van der Waals surface area contributed by atoms with Crippen molar-refractivity contribution in [2.45, 2.75) is 6.54 Å². The van der Waals surface area contributed by atoms with Gasteiger partial charge in [0.1, 0.15) is 5.82 Å². The zero-order valence-corrected chi connectivity index (χ0v) is 7.20. The van der Waals surface area contributed by atoms with E-state index in [0.717, 1.165) is 6.08 Å². The van der Waals surface area contributed by atoms with Gasteiger partial charge in [-0.25, -0.2) is 9.97 Å². The molecule has 0 saturated heterocycles. The van der Waals surface area contributed by atoms with Crippen LogP contribution < -0.4 is 5.73 Å². The molecule has 14 heavy (non-hydrogen) atoms. The molecule has 0 atom stereocenters. The van der Waals surface area contributed by atoms with Crippen molar-refractivity contribution in [3.05, 3.63) is 29.8 Å². The van der Waals surface area contributed by atoms with Crippen molar-refractivity contribution in [1.29, 1.82) is 0 Å². The largest absolute Gasteiger partial charge is 0.502 e. The van der Waals surface area contributed by atoms with Gasteiger partial charge in [-0.1, -0.05) is 6.08 Å². The lowest BCUT2D eigenvalue weighted by molar-refractivity contribution is 0.499. The third-order valence-corrected chi connectivity index (χ3v) is 1.41. The van der Waals surface area contributed by atoms with Gasteiger partial charge in [0.15, 0.2) is 0 Å². The van der Waals surface area contributed by atoms with Crippen molar-refractivity contribution in [1.82, 2.24) is 9.97 Å². The molecule has 7 heteroatoms. The zero-order chi connectivity index (χ0) is 10.6. The van der Waals surface area contributed by atoms with Crippen LogP contribution in [-0.2, 0) is 6.54 Å². The van der Waals surface area contributed by atoms with Gasteiger partial charge in [-0.2, -0.15) is 0 Å². The topological polar surface area (TPSA) is 51.8 Å². The average Bonchev–Trinajstić information content (AvgIpc) is 2.14. The molecule has 0 amide bonds. The molecular weight excluding hydrogens is 194 g/mol. The molecule has 0 aliphatic heterocycles. The second-order valence-electron chi connectivity index (χ2n) is 2.62. The van der Waals surface area contributed by atoms with E-state index in [4.69, 9.17) is 5.73 Å². The summed E-state index contributed by atoms with van der Waals surface area (Å²) in [4.78, 5) is 7.50. The number of nitrogens with two attached hydrogens (primary N) is 1. The Morgan fingerprint density at radius 1 is 1.29 bits per heavy atom. The minimum atomic E-state index is -4.90. The van der Waals surface area contributed by atoms with E-state index in [1.54, 1.807) is 0 Å². The van der Waals surface area contributed by atoms with E-state index in [0.29, 0.717) is 11.4 Å². The first-order chi connectivity index (χ1) is 6.51. The minimum absolute atomic E-state index is 0.174. The van der Waals surface area contributed by atoms with E-state index in [9.17, 15) is 12.9 Å². The smallest absolute Gasteiger partial charge is 0.445 e. The first-order valence-electron chi connectivity index (χ1n) is 3.91. The number of aromatic nitrogens is 2. The molecule has 0 bridgehead atoms. The summed E-state index contributed by atoms with van der Waals surface area (Å²) < 4.78 is 35.4. The van der Waals surface area contributed by atoms with Crippen LogP contribution in [0.4, 0.5) is 12.9 Å². The van der Waals surface area contributed by atoms with Crippen LogP contribution in [-0.4, -0.2) is 16.9 Å². The van der Waals surface area contributed by atoms with Gasteiger partial charge < -0.3 is 18.7 Å². The maximum Gasteiger partial charge on any atom is 0.502 e. The van der Waals surface area contributed by atoms with Gasteiger partial charge in [0.05, 0.1) is 6.54 Å². The van der Waals surface area contributed by atoms with Crippen LogP contribution >= 0.6 is 0 Å². The molecule has 2 N–H and O–H groups in total. The molecule has 0 aromatic carbocycles. The van der Waals surface area contributed by atoms with E-state index in [-0.39, 0.29) is 12.5 Å². The van der Waals surface area contributed by atoms with Crippen molar-refractivity contribution >= 4 is 13.1 Å². The second kappa shape index (κ2) is 4.23. The lowest BCUT2D eigenvalue weighted by atomic mass is 9.91. The summed E-state index contributed by atoms with van der Waals surface area (Å²) in [5.41, 5.74) is 5.53. The molecule has 0 spiro atoms. The first kappa shape index (κ1) is 10.7. The number of halogens is 3. The molecular formula is C7H8BF3N3-. The number of rotatable bonds is 3. The molecule has 1 aromatic heterocycles. The Hall–Kier alpha value is -1.37. The summed E-state index contributed by atoms with van der Waals surface area (Å²) >= 11 is 0. The molecule has 76 valence electrons. The van der Waals surface area contributed by atoms with Gasteiger partial charge in [-0.05, 0) is 0 Å². The van der Waals surface area contributed by atoms with Gasteiger partial charge in [0.2, 0.25) is 0 Å². The van der Waals surface area contributed by atoms with Crippen LogP contribution in [0.25, 0.3) is 6.08 Å². The summed E-state index contributed by atoms with van der Waals surface area (Å²) in [6.07, 6.45) is 3.53. The van der Waals surface area contributed by atoms with Crippen molar-refractivity contribution in [2.24, 2.45) is 5.73 Å². The average molecular weight is 202 g/mol. The fourth-order valence-corrected chi connectivity index (χ4v) is 0.776. The molecule has 1 rings (SSSR count). The molecule has 1 heterocycles. The summed E-state index contributed by atoms with van der Waals surface area (Å²) in [5, 5.41) is 0. The van der Waals surface area contributed by atoms with Crippen LogP contribution in [0.2, 0.25) is 0 Å². The standard InChI is InChI=1S/C7H8BF3N3/c9-8(10,11)2-1-6-4-13-7(3-12)14-5-6/h1-2,4-5H,3,12H2/q-1/b2-1+. The molecule has 1 aromatic rings. The highest BCUT2D eigenvalue weighted by molar-refractivity contribution is 6.64. The molecule has 0 aliphatic carbocycles. The Kier molecular flexibility index (Phi) is 3.24. The molecule has 0 saturated carbocycles. The predicted molar refractivity (Wildman–Crippen MR) is 48.0 cm³/mol. The SMILES string of the molecule is NCc1ncc(/C=C/[B-](F)(F)F)cn1. The Morgan fingerprint density at radius 3 is 2.29 bits per heavy atom. The lowest BCUT2D eigenvalue weighted by Crippen LogP contribution is -2.09. The highest BCUT2D eigenvalue weighted by Gasteiger charge is 2.16. The van der Waals surface area contributed by atoms with Crippen LogP contribution in [0, 0.1) is 0 Å². The van der Waals surface area contributed by atoms with Gasteiger partial charge in [-0.3, -0.25) is 0 Å². The fraction of sp³-hybridized carbons (Fsp3) is 0.143. The van der Waals surface area contributed by atoms with Crippen molar-refractivity contribution in [3.63, 3.8) is 0 Å². The molecule has 0 unspecified atom stereocenters. The number of nitrogens with zero attached hydrogens (tertiary/aromatic N) is 2. The Labute approximate surface area is 78.9 Å². The van der Waals surface area contributed by atoms with E-state index in [1.165, 1.54) is 12.4 Å². The second-order valence-corrected chi connectivity index (χ2v) is 2.62. The maximum atomic E-state index is 11.8. The van der Waals surface area contributed by atoms with Gasteiger partial charge in [0, 0.05) is 18.0 Å². The first-order valence-corrected chi connectivity index (χ1v) is 3.91. The third-order valence-electron chi connectivity index (χ3n) is 1.41. The number of hydrogen-bond donors (Lipinski definition) is 1. The van der Waals surface area contributed by atoms with E-state index < -0.39 is 6.98 Å². The van der Waals surface area contributed by atoms with Crippen molar-refractivity contribution in [2.75, 3.05) is 0 Å². The van der Waals surface area contributed by atoms with E-state index >= 15 is 0 Å². The van der Waals surface area contributed by atoms with Crippen LogP contribution in [0.15, 0.2) is 18.4 Å². The molecule has 3 nitrogen and oxygen atoms in total. The minimum Gasteiger partial charge on any atom is -0.445 e.